The maximum atomic E-state index is 6.21. The minimum absolute atomic E-state index is 0. The number of hydrogen-bond acceptors (Lipinski definition) is 4. The lowest BCUT2D eigenvalue weighted by molar-refractivity contribution is 0.179. The zero-order valence-electron chi connectivity index (χ0n) is 17.2. The predicted octanol–water partition coefficient (Wildman–Crippen LogP) is 4.59. The van der Waals surface area contributed by atoms with Gasteiger partial charge in [-0.15, -0.1) is 35.3 Å². The van der Waals surface area contributed by atoms with E-state index in [-0.39, 0.29) is 24.0 Å². The van der Waals surface area contributed by atoms with Gasteiger partial charge in [-0.1, -0.05) is 12.1 Å². The quantitative estimate of drug-likeness (QED) is 0.341. The van der Waals surface area contributed by atoms with Gasteiger partial charge in [-0.05, 0) is 81.6 Å². The molecule has 1 aromatic carbocycles. The van der Waals surface area contributed by atoms with Gasteiger partial charge in [-0.3, -0.25) is 9.89 Å². The van der Waals surface area contributed by atoms with Gasteiger partial charge in [0, 0.05) is 24.2 Å². The van der Waals surface area contributed by atoms with Crippen LogP contribution in [0.15, 0.2) is 28.6 Å². The fourth-order valence-corrected chi connectivity index (χ4v) is 4.94. The van der Waals surface area contributed by atoms with Crippen LogP contribution in [-0.2, 0) is 19.4 Å². The lowest BCUT2D eigenvalue weighted by Crippen LogP contribution is -2.34. The van der Waals surface area contributed by atoms with E-state index in [1.165, 1.54) is 48.9 Å². The number of nitrogens with one attached hydrogen (secondary N) is 1. The number of aromatic nitrogens is 1. The van der Waals surface area contributed by atoms with Gasteiger partial charge in [0.15, 0.2) is 5.96 Å². The average molecular weight is 526 g/mol. The molecule has 1 aliphatic heterocycles. The summed E-state index contributed by atoms with van der Waals surface area (Å²) >= 11 is 1.74. The molecule has 1 aromatic heterocycles. The molecule has 2 aliphatic rings. The van der Waals surface area contributed by atoms with Crippen LogP contribution in [-0.4, -0.2) is 35.5 Å². The van der Waals surface area contributed by atoms with Crippen LogP contribution in [0.1, 0.15) is 47.5 Å². The molecule has 0 unspecified atom stereocenters. The molecule has 4 rings (SSSR count). The molecule has 2 heterocycles. The highest BCUT2D eigenvalue weighted by atomic mass is 127. The Kier molecular flexibility index (Phi) is 8.32. The first kappa shape index (κ1) is 22.5. The van der Waals surface area contributed by atoms with E-state index in [4.69, 9.17) is 5.73 Å². The van der Waals surface area contributed by atoms with Gasteiger partial charge in [-0.2, -0.15) is 0 Å². The zero-order valence-corrected chi connectivity index (χ0v) is 20.3. The normalized spacial score (nSPS) is 18.2. The van der Waals surface area contributed by atoms with Crippen LogP contribution in [0, 0.1) is 12.8 Å². The molecule has 0 amide bonds. The molecular weight excluding hydrogens is 493 g/mol. The maximum Gasteiger partial charge on any atom is 0.193 e. The summed E-state index contributed by atoms with van der Waals surface area (Å²) in [6.07, 6.45) is 7.24. The third-order valence-electron chi connectivity index (χ3n) is 5.94. The van der Waals surface area contributed by atoms with Gasteiger partial charge in [0.25, 0.3) is 0 Å². The molecular formula is C22H32IN5S. The Bertz CT molecular complexity index is 826. The van der Waals surface area contributed by atoms with Crippen LogP contribution in [0.4, 0.5) is 5.69 Å². The molecule has 0 spiro atoms. The molecule has 0 atom stereocenters. The Labute approximate surface area is 195 Å². The summed E-state index contributed by atoms with van der Waals surface area (Å²) in [6.45, 7) is 6.11. The number of fused-ring (bicyclic) bond motifs is 1. The van der Waals surface area contributed by atoms with Gasteiger partial charge in [-0.25, -0.2) is 4.98 Å². The standard InChI is InChI=1S/C22H31N5S.HI/c1-16-25-19(15-28-16)14-27-11-9-17(10-12-27)13-24-22(23)26-21-8-4-6-18-5-2-3-7-20(18)21;/h4,6,8,15,17H,2-3,5,7,9-14H2,1H3,(H3,23,24,26);1H. The number of hydrogen-bond donors (Lipinski definition) is 2. The number of piperidine rings is 1. The minimum atomic E-state index is 0. The SMILES string of the molecule is Cc1nc(CN2CCC(CN=C(N)Nc3cccc4c3CCCC4)CC2)cs1.I. The van der Waals surface area contributed by atoms with Crippen molar-refractivity contribution in [3.8, 4) is 0 Å². The van der Waals surface area contributed by atoms with E-state index < -0.39 is 0 Å². The van der Waals surface area contributed by atoms with E-state index >= 15 is 0 Å². The average Bonchev–Trinajstić information content (AvgIpc) is 3.12. The van der Waals surface area contributed by atoms with Crippen molar-refractivity contribution in [2.24, 2.45) is 16.6 Å². The topological polar surface area (TPSA) is 66.5 Å². The molecule has 1 saturated heterocycles. The Morgan fingerprint density at radius 2 is 2.07 bits per heavy atom. The molecule has 0 bridgehead atoms. The van der Waals surface area contributed by atoms with Gasteiger partial charge >= 0.3 is 0 Å². The number of thiazole rings is 1. The number of nitrogens with two attached hydrogens (primary N) is 1. The van der Waals surface area contributed by atoms with Crippen molar-refractivity contribution in [1.29, 1.82) is 0 Å². The molecule has 0 radical (unpaired) electrons. The molecule has 29 heavy (non-hydrogen) atoms. The Morgan fingerprint density at radius 3 is 2.83 bits per heavy atom. The van der Waals surface area contributed by atoms with Crippen molar-refractivity contribution in [2.75, 3.05) is 25.0 Å². The van der Waals surface area contributed by atoms with E-state index in [1.54, 1.807) is 11.3 Å². The number of anilines is 1. The van der Waals surface area contributed by atoms with Crippen molar-refractivity contribution in [3.63, 3.8) is 0 Å². The molecule has 2 aromatic rings. The van der Waals surface area contributed by atoms with Gasteiger partial charge in [0.05, 0.1) is 10.7 Å². The maximum absolute atomic E-state index is 6.21. The molecule has 1 fully saturated rings. The van der Waals surface area contributed by atoms with Gasteiger partial charge in [0.2, 0.25) is 0 Å². The number of rotatable bonds is 5. The molecule has 3 N–H and O–H groups in total. The minimum Gasteiger partial charge on any atom is -0.370 e. The number of guanidine groups is 1. The molecule has 158 valence electrons. The number of aryl methyl sites for hydroxylation is 2. The summed E-state index contributed by atoms with van der Waals surface area (Å²) in [7, 11) is 0. The number of nitrogens with zero attached hydrogens (tertiary/aromatic N) is 3. The number of benzene rings is 1. The summed E-state index contributed by atoms with van der Waals surface area (Å²) in [4.78, 5) is 11.7. The summed E-state index contributed by atoms with van der Waals surface area (Å²) in [5.41, 5.74) is 11.5. The first-order chi connectivity index (χ1) is 13.7. The van der Waals surface area contributed by atoms with Crippen LogP contribution in [0.5, 0.6) is 0 Å². The lowest BCUT2D eigenvalue weighted by Gasteiger charge is -2.30. The first-order valence-corrected chi connectivity index (χ1v) is 11.4. The zero-order chi connectivity index (χ0) is 19.3. The van der Waals surface area contributed by atoms with E-state index in [0.29, 0.717) is 11.9 Å². The molecule has 0 saturated carbocycles. The second kappa shape index (κ2) is 10.7. The monoisotopic (exact) mass is 525 g/mol. The Morgan fingerprint density at radius 1 is 1.28 bits per heavy atom. The summed E-state index contributed by atoms with van der Waals surface area (Å²) in [6, 6.07) is 6.50. The Balaban J connectivity index is 0.00000240. The summed E-state index contributed by atoms with van der Waals surface area (Å²) in [5.74, 6) is 1.18. The largest absolute Gasteiger partial charge is 0.370 e. The van der Waals surface area contributed by atoms with Gasteiger partial charge < -0.3 is 11.1 Å². The predicted molar refractivity (Wildman–Crippen MR) is 133 cm³/mol. The van der Waals surface area contributed by atoms with E-state index in [2.05, 4.69) is 50.7 Å². The highest BCUT2D eigenvalue weighted by Crippen LogP contribution is 2.27. The van der Waals surface area contributed by atoms with Crippen LogP contribution in [0.2, 0.25) is 0 Å². The van der Waals surface area contributed by atoms with Crippen LogP contribution in [0.3, 0.4) is 0 Å². The van der Waals surface area contributed by atoms with Crippen LogP contribution >= 0.6 is 35.3 Å². The van der Waals surface area contributed by atoms with Crippen molar-refractivity contribution in [3.05, 3.63) is 45.4 Å². The lowest BCUT2D eigenvalue weighted by atomic mass is 9.90. The third kappa shape index (κ3) is 6.15. The summed E-state index contributed by atoms with van der Waals surface area (Å²) in [5, 5.41) is 6.70. The van der Waals surface area contributed by atoms with Crippen molar-refractivity contribution >= 4 is 47.0 Å². The summed E-state index contributed by atoms with van der Waals surface area (Å²) < 4.78 is 0. The molecule has 5 nitrogen and oxygen atoms in total. The van der Waals surface area contributed by atoms with E-state index in [9.17, 15) is 0 Å². The second-order valence-electron chi connectivity index (χ2n) is 8.08. The van der Waals surface area contributed by atoms with Crippen molar-refractivity contribution in [2.45, 2.75) is 52.0 Å². The number of likely N-dealkylation sites (tertiary alicyclic amines) is 1. The fraction of sp³-hybridized carbons (Fsp3) is 0.545. The highest BCUT2D eigenvalue weighted by Gasteiger charge is 2.20. The smallest absolute Gasteiger partial charge is 0.193 e. The van der Waals surface area contributed by atoms with Crippen LogP contribution < -0.4 is 11.1 Å². The fourth-order valence-electron chi connectivity index (χ4n) is 4.34. The van der Waals surface area contributed by atoms with Gasteiger partial charge in [0.1, 0.15) is 0 Å². The number of aliphatic imine (C=N–C) groups is 1. The van der Waals surface area contributed by atoms with E-state index in [1.807, 2.05) is 0 Å². The molecule has 7 heteroatoms. The van der Waals surface area contributed by atoms with Crippen molar-refractivity contribution < 1.29 is 0 Å². The van der Waals surface area contributed by atoms with Crippen LogP contribution in [0.25, 0.3) is 0 Å². The molecule has 1 aliphatic carbocycles. The van der Waals surface area contributed by atoms with E-state index in [0.717, 1.165) is 43.3 Å². The highest BCUT2D eigenvalue weighted by molar-refractivity contribution is 14.0. The third-order valence-corrected chi connectivity index (χ3v) is 6.76. The first-order valence-electron chi connectivity index (χ1n) is 10.5. The second-order valence-corrected chi connectivity index (χ2v) is 9.14. The Hall–Kier alpha value is -1.19. The number of halogens is 1. The van der Waals surface area contributed by atoms with Crippen molar-refractivity contribution in [1.82, 2.24) is 9.88 Å².